The summed E-state index contributed by atoms with van der Waals surface area (Å²) >= 11 is 0. The highest BCUT2D eigenvalue weighted by Crippen LogP contribution is 2.26. The van der Waals surface area contributed by atoms with Crippen LogP contribution in [-0.4, -0.2) is 49.9 Å². The van der Waals surface area contributed by atoms with Crippen molar-refractivity contribution in [3.8, 4) is 0 Å². The first-order chi connectivity index (χ1) is 14.0. The first-order valence-corrected chi connectivity index (χ1v) is 9.70. The van der Waals surface area contributed by atoms with Gasteiger partial charge >= 0.3 is 0 Å². The summed E-state index contributed by atoms with van der Waals surface area (Å²) in [7, 11) is 0. The van der Waals surface area contributed by atoms with Crippen LogP contribution in [0.15, 0.2) is 48.5 Å². The fourth-order valence-corrected chi connectivity index (χ4v) is 3.65. The van der Waals surface area contributed by atoms with Gasteiger partial charge in [0.15, 0.2) is 5.78 Å². The van der Waals surface area contributed by atoms with Crippen molar-refractivity contribution in [3.05, 3.63) is 54.1 Å². The van der Waals surface area contributed by atoms with Crippen molar-refractivity contribution in [2.24, 2.45) is 0 Å². The Morgan fingerprint density at radius 3 is 2.21 bits per heavy atom. The molecule has 2 aromatic rings. The lowest BCUT2D eigenvalue weighted by Gasteiger charge is -2.29. The summed E-state index contributed by atoms with van der Waals surface area (Å²) in [5, 5.41) is 3.17. The van der Waals surface area contributed by atoms with E-state index < -0.39 is 6.04 Å². The Balaban J connectivity index is 1.44. The monoisotopic (exact) mass is 393 g/mol. The van der Waals surface area contributed by atoms with Crippen LogP contribution in [0, 0.1) is 0 Å². The highest BCUT2D eigenvalue weighted by Gasteiger charge is 2.39. The van der Waals surface area contributed by atoms with E-state index in [1.165, 1.54) is 11.8 Å². The van der Waals surface area contributed by atoms with Crippen LogP contribution < -0.4 is 15.1 Å². The quantitative estimate of drug-likeness (QED) is 0.621. The Bertz CT molecular complexity index is 918. The fourth-order valence-electron chi connectivity index (χ4n) is 3.65. The molecule has 1 atom stereocenters. The van der Waals surface area contributed by atoms with Crippen LogP contribution >= 0.6 is 0 Å². The van der Waals surface area contributed by atoms with Crippen LogP contribution in [-0.2, 0) is 14.3 Å². The maximum Gasteiger partial charge on any atom is 0.256 e. The summed E-state index contributed by atoms with van der Waals surface area (Å²) in [6.45, 7) is 4.65. The molecular formula is C22H23N3O4. The number of hydrogen-bond acceptors (Lipinski definition) is 6. The van der Waals surface area contributed by atoms with Gasteiger partial charge in [-0.2, -0.15) is 0 Å². The van der Waals surface area contributed by atoms with Gasteiger partial charge in [-0.1, -0.05) is 0 Å². The molecule has 7 nitrogen and oxygen atoms in total. The summed E-state index contributed by atoms with van der Waals surface area (Å²) in [5.41, 5.74) is 2.93. The van der Waals surface area contributed by atoms with Crippen LogP contribution in [0.3, 0.4) is 0 Å². The third-order valence-corrected chi connectivity index (χ3v) is 5.26. The van der Waals surface area contributed by atoms with Gasteiger partial charge in [-0.3, -0.25) is 14.4 Å². The molecule has 2 fully saturated rings. The molecule has 0 unspecified atom stereocenters. The molecule has 2 saturated heterocycles. The van der Waals surface area contributed by atoms with Crippen molar-refractivity contribution in [3.63, 3.8) is 0 Å². The summed E-state index contributed by atoms with van der Waals surface area (Å²) in [6.07, 6.45) is 0.0957. The Hall–Kier alpha value is -3.19. The smallest absolute Gasteiger partial charge is 0.256 e. The molecule has 0 spiro atoms. The van der Waals surface area contributed by atoms with Crippen molar-refractivity contribution in [1.82, 2.24) is 0 Å². The number of ether oxygens (including phenoxy) is 1. The molecule has 29 heavy (non-hydrogen) atoms. The first-order valence-electron chi connectivity index (χ1n) is 9.70. The Morgan fingerprint density at radius 2 is 1.59 bits per heavy atom. The number of morpholine rings is 1. The third-order valence-electron chi connectivity index (χ3n) is 5.26. The van der Waals surface area contributed by atoms with Gasteiger partial charge in [-0.15, -0.1) is 0 Å². The molecule has 0 bridgehead atoms. The summed E-state index contributed by atoms with van der Waals surface area (Å²) in [4.78, 5) is 40.1. The molecule has 1 N–H and O–H groups in total. The van der Waals surface area contributed by atoms with Gasteiger partial charge in [0.2, 0.25) is 5.91 Å². The molecule has 2 aliphatic heterocycles. The maximum atomic E-state index is 12.8. The van der Waals surface area contributed by atoms with Gasteiger partial charge in [0.1, 0.15) is 6.04 Å². The molecule has 7 heteroatoms. The van der Waals surface area contributed by atoms with E-state index in [4.69, 9.17) is 4.74 Å². The second-order valence-electron chi connectivity index (χ2n) is 7.22. The molecule has 4 rings (SSSR count). The minimum absolute atomic E-state index is 0.0595. The van der Waals surface area contributed by atoms with Crippen molar-refractivity contribution in [2.45, 2.75) is 19.4 Å². The number of nitrogens with one attached hydrogen (secondary N) is 1. The Kier molecular flexibility index (Phi) is 5.31. The Labute approximate surface area is 169 Å². The van der Waals surface area contributed by atoms with Crippen LogP contribution in [0.2, 0.25) is 0 Å². The average Bonchev–Trinajstić information content (AvgIpc) is 3.02. The van der Waals surface area contributed by atoms with Gasteiger partial charge in [-0.05, 0) is 55.5 Å². The van der Waals surface area contributed by atoms with E-state index in [1.54, 1.807) is 24.3 Å². The van der Waals surface area contributed by atoms with Gasteiger partial charge in [-0.25, -0.2) is 4.90 Å². The third kappa shape index (κ3) is 4.00. The van der Waals surface area contributed by atoms with E-state index >= 15 is 0 Å². The SMILES string of the molecule is CC(=O)c1ccc(N2C(=O)C[C@@H](Nc3ccc(N4CCOCC4)cc3)C2=O)cc1. The second kappa shape index (κ2) is 8.05. The number of carbonyl (C=O) groups excluding carboxylic acids is 3. The predicted octanol–water partition coefficient (Wildman–Crippen LogP) is 2.47. The summed E-state index contributed by atoms with van der Waals surface area (Å²) in [6, 6.07) is 13.8. The number of nitrogens with zero attached hydrogens (tertiary/aromatic N) is 2. The van der Waals surface area contributed by atoms with E-state index in [0.717, 1.165) is 37.7 Å². The number of ketones is 1. The van der Waals surface area contributed by atoms with Crippen LogP contribution in [0.5, 0.6) is 0 Å². The number of benzene rings is 2. The molecule has 0 aliphatic carbocycles. The zero-order valence-corrected chi connectivity index (χ0v) is 16.3. The lowest BCUT2D eigenvalue weighted by molar-refractivity contribution is -0.121. The van der Waals surface area contributed by atoms with Crippen LogP contribution in [0.25, 0.3) is 0 Å². The zero-order chi connectivity index (χ0) is 20.4. The van der Waals surface area contributed by atoms with Crippen LogP contribution in [0.4, 0.5) is 17.1 Å². The van der Waals surface area contributed by atoms with Crippen molar-refractivity contribution in [2.75, 3.05) is 41.4 Å². The molecule has 0 aromatic heterocycles. The standard InChI is InChI=1S/C22H23N3O4/c1-15(26)16-2-6-19(7-3-16)25-21(27)14-20(22(25)28)23-17-4-8-18(9-5-17)24-10-12-29-13-11-24/h2-9,20,23H,10-14H2,1H3/t20-/m1/s1. The maximum absolute atomic E-state index is 12.8. The van der Waals surface area contributed by atoms with E-state index in [-0.39, 0.29) is 24.0 Å². The molecule has 2 aliphatic rings. The van der Waals surface area contributed by atoms with Crippen molar-refractivity contribution < 1.29 is 19.1 Å². The highest BCUT2D eigenvalue weighted by atomic mass is 16.5. The molecule has 2 amide bonds. The van der Waals surface area contributed by atoms with E-state index in [0.29, 0.717) is 11.3 Å². The largest absolute Gasteiger partial charge is 0.378 e. The summed E-state index contributed by atoms with van der Waals surface area (Å²) in [5.74, 6) is -0.605. The minimum Gasteiger partial charge on any atom is -0.378 e. The van der Waals surface area contributed by atoms with Crippen molar-refractivity contribution >= 4 is 34.7 Å². The second-order valence-corrected chi connectivity index (χ2v) is 7.22. The minimum atomic E-state index is -0.607. The topological polar surface area (TPSA) is 79.0 Å². The van der Waals surface area contributed by atoms with Crippen LogP contribution in [0.1, 0.15) is 23.7 Å². The van der Waals surface area contributed by atoms with Gasteiger partial charge in [0.05, 0.1) is 25.3 Å². The van der Waals surface area contributed by atoms with Crippen molar-refractivity contribution in [1.29, 1.82) is 0 Å². The normalized spacial score (nSPS) is 19.6. The number of amides is 2. The predicted molar refractivity (Wildman–Crippen MR) is 110 cm³/mol. The molecule has 0 saturated carbocycles. The fraction of sp³-hybridized carbons (Fsp3) is 0.318. The molecule has 2 aromatic carbocycles. The van der Waals surface area contributed by atoms with E-state index in [2.05, 4.69) is 10.2 Å². The average molecular weight is 393 g/mol. The number of hydrogen-bond donors (Lipinski definition) is 1. The Morgan fingerprint density at radius 1 is 0.966 bits per heavy atom. The number of imide groups is 1. The highest BCUT2D eigenvalue weighted by molar-refractivity contribution is 6.23. The first kappa shape index (κ1) is 19.1. The lowest BCUT2D eigenvalue weighted by Crippen LogP contribution is -2.36. The number of Topliss-reactive ketones (excluding diaryl/α,β-unsaturated/α-hetero) is 1. The number of anilines is 3. The van der Waals surface area contributed by atoms with E-state index in [1.807, 2.05) is 24.3 Å². The van der Waals surface area contributed by atoms with Gasteiger partial charge in [0.25, 0.3) is 5.91 Å². The molecular weight excluding hydrogens is 370 g/mol. The lowest BCUT2D eigenvalue weighted by atomic mass is 10.1. The van der Waals surface area contributed by atoms with E-state index in [9.17, 15) is 14.4 Å². The van der Waals surface area contributed by atoms with Gasteiger partial charge in [0, 0.05) is 30.0 Å². The number of carbonyl (C=O) groups is 3. The van der Waals surface area contributed by atoms with Gasteiger partial charge < -0.3 is 15.0 Å². The summed E-state index contributed by atoms with van der Waals surface area (Å²) < 4.78 is 5.38. The molecule has 0 radical (unpaired) electrons. The molecule has 150 valence electrons. The molecule has 2 heterocycles. The number of rotatable bonds is 5. The zero-order valence-electron chi connectivity index (χ0n) is 16.3.